The standard InChI is InChI=1S/C13H20N4O/c14-12(18)10-4-5-11(16-8-10)17-9-13(15)6-2-1-3-7-13/h4-5,8H,1-3,6-7,9,15H2,(H2,14,18)(H,16,17). The summed E-state index contributed by atoms with van der Waals surface area (Å²) in [5.74, 6) is 0.270. The highest BCUT2D eigenvalue weighted by molar-refractivity contribution is 5.92. The second-order valence-corrected chi connectivity index (χ2v) is 5.07. The molecule has 98 valence electrons. The zero-order chi connectivity index (χ0) is 13.0. The van der Waals surface area contributed by atoms with Crippen LogP contribution in [0.3, 0.4) is 0 Å². The number of rotatable bonds is 4. The van der Waals surface area contributed by atoms with Gasteiger partial charge in [-0.2, -0.15) is 0 Å². The number of primary amides is 1. The van der Waals surface area contributed by atoms with E-state index in [1.54, 1.807) is 12.1 Å². The van der Waals surface area contributed by atoms with Gasteiger partial charge < -0.3 is 16.8 Å². The van der Waals surface area contributed by atoms with E-state index >= 15 is 0 Å². The van der Waals surface area contributed by atoms with Gasteiger partial charge in [0.2, 0.25) is 5.91 Å². The third-order valence-corrected chi connectivity index (χ3v) is 3.52. The molecule has 5 nitrogen and oxygen atoms in total. The van der Waals surface area contributed by atoms with Crippen LogP contribution in [0.1, 0.15) is 42.5 Å². The van der Waals surface area contributed by atoms with Gasteiger partial charge >= 0.3 is 0 Å². The molecule has 0 saturated heterocycles. The Morgan fingerprint density at radius 3 is 2.61 bits per heavy atom. The van der Waals surface area contributed by atoms with Gasteiger partial charge in [0.05, 0.1) is 5.56 Å². The Bertz CT molecular complexity index is 410. The molecule has 5 heteroatoms. The number of carbonyl (C=O) groups excluding carboxylic acids is 1. The number of pyridine rings is 1. The molecule has 1 saturated carbocycles. The predicted molar refractivity (Wildman–Crippen MR) is 71.2 cm³/mol. The predicted octanol–water partition coefficient (Wildman–Crippen LogP) is 1.25. The highest BCUT2D eigenvalue weighted by atomic mass is 16.1. The molecule has 2 rings (SSSR count). The van der Waals surface area contributed by atoms with Gasteiger partial charge in [-0.15, -0.1) is 0 Å². The number of amides is 1. The first-order valence-corrected chi connectivity index (χ1v) is 6.38. The molecule has 0 unspecified atom stereocenters. The topological polar surface area (TPSA) is 94.0 Å². The Labute approximate surface area is 107 Å². The molecule has 1 amide bonds. The molecule has 1 aromatic rings. The molecule has 5 N–H and O–H groups in total. The van der Waals surface area contributed by atoms with Crippen molar-refractivity contribution in [2.75, 3.05) is 11.9 Å². The molecule has 0 atom stereocenters. The molecule has 0 aliphatic heterocycles. The van der Waals surface area contributed by atoms with Crippen LogP contribution in [0.5, 0.6) is 0 Å². The summed E-state index contributed by atoms with van der Waals surface area (Å²) in [5, 5.41) is 3.23. The summed E-state index contributed by atoms with van der Waals surface area (Å²) in [6.45, 7) is 0.718. The van der Waals surface area contributed by atoms with E-state index in [0.717, 1.165) is 25.2 Å². The van der Waals surface area contributed by atoms with Crippen molar-refractivity contribution in [1.82, 2.24) is 4.98 Å². The van der Waals surface area contributed by atoms with Gasteiger partial charge in [-0.05, 0) is 25.0 Å². The van der Waals surface area contributed by atoms with E-state index in [2.05, 4.69) is 10.3 Å². The van der Waals surface area contributed by atoms with Crippen molar-refractivity contribution in [1.29, 1.82) is 0 Å². The van der Waals surface area contributed by atoms with Gasteiger partial charge in [-0.25, -0.2) is 4.98 Å². The second kappa shape index (κ2) is 5.35. The van der Waals surface area contributed by atoms with Gasteiger partial charge in [0, 0.05) is 18.3 Å². The highest BCUT2D eigenvalue weighted by Gasteiger charge is 2.26. The molecule has 1 aliphatic carbocycles. The van der Waals surface area contributed by atoms with Crippen molar-refractivity contribution in [2.24, 2.45) is 11.5 Å². The number of hydrogen-bond donors (Lipinski definition) is 3. The molecule has 0 spiro atoms. The average Bonchev–Trinajstić information content (AvgIpc) is 2.38. The van der Waals surface area contributed by atoms with Crippen LogP contribution in [0, 0.1) is 0 Å². The normalized spacial score (nSPS) is 18.3. The largest absolute Gasteiger partial charge is 0.368 e. The minimum absolute atomic E-state index is 0.123. The zero-order valence-electron chi connectivity index (χ0n) is 10.5. The summed E-state index contributed by atoms with van der Waals surface area (Å²) in [6, 6.07) is 3.42. The monoisotopic (exact) mass is 248 g/mol. The lowest BCUT2D eigenvalue weighted by atomic mass is 9.82. The molecule has 0 bridgehead atoms. The minimum atomic E-state index is -0.461. The van der Waals surface area contributed by atoms with E-state index in [1.807, 2.05) is 0 Å². The maximum atomic E-state index is 10.9. The Balaban J connectivity index is 1.91. The van der Waals surface area contributed by atoms with E-state index in [1.165, 1.54) is 25.5 Å². The number of nitrogens with two attached hydrogens (primary N) is 2. The van der Waals surface area contributed by atoms with Gasteiger partial charge in [0.1, 0.15) is 5.82 Å². The van der Waals surface area contributed by atoms with Crippen LogP contribution in [-0.4, -0.2) is 23.0 Å². The maximum absolute atomic E-state index is 10.9. The van der Waals surface area contributed by atoms with Crippen molar-refractivity contribution < 1.29 is 4.79 Å². The lowest BCUT2D eigenvalue weighted by Crippen LogP contribution is -2.47. The number of aromatic nitrogens is 1. The average molecular weight is 248 g/mol. The lowest BCUT2D eigenvalue weighted by molar-refractivity contribution is 0.1000. The number of anilines is 1. The van der Waals surface area contributed by atoms with Crippen LogP contribution in [0.2, 0.25) is 0 Å². The molecule has 1 heterocycles. The summed E-state index contributed by atoms with van der Waals surface area (Å²) < 4.78 is 0. The van der Waals surface area contributed by atoms with Gasteiger partial charge in [0.15, 0.2) is 0 Å². The quantitative estimate of drug-likeness (QED) is 0.747. The number of carbonyl (C=O) groups is 1. The first-order chi connectivity index (χ1) is 8.59. The van der Waals surface area contributed by atoms with E-state index in [4.69, 9.17) is 11.5 Å². The summed E-state index contributed by atoms with van der Waals surface area (Å²) in [6.07, 6.45) is 7.27. The van der Waals surface area contributed by atoms with Crippen LogP contribution in [-0.2, 0) is 0 Å². The molecule has 1 aliphatic rings. The van der Waals surface area contributed by atoms with Crippen molar-refractivity contribution in [3.63, 3.8) is 0 Å². The van der Waals surface area contributed by atoms with Crippen LogP contribution < -0.4 is 16.8 Å². The molecule has 18 heavy (non-hydrogen) atoms. The van der Waals surface area contributed by atoms with E-state index in [-0.39, 0.29) is 5.54 Å². The molecular weight excluding hydrogens is 228 g/mol. The first-order valence-electron chi connectivity index (χ1n) is 6.38. The van der Waals surface area contributed by atoms with Gasteiger partial charge in [-0.1, -0.05) is 19.3 Å². The zero-order valence-corrected chi connectivity index (χ0v) is 10.5. The summed E-state index contributed by atoms with van der Waals surface area (Å²) >= 11 is 0. The van der Waals surface area contributed by atoms with E-state index in [9.17, 15) is 4.79 Å². The van der Waals surface area contributed by atoms with E-state index in [0.29, 0.717) is 5.56 Å². The van der Waals surface area contributed by atoms with Gasteiger partial charge in [-0.3, -0.25) is 4.79 Å². The van der Waals surface area contributed by atoms with Crippen LogP contribution in [0.25, 0.3) is 0 Å². The number of nitrogens with zero attached hydrogens (tertiary/aromatic N) is 1. The van der Waals surface area contributed by atoms with Crippen molar-refractivity contribution in [2.45, 2.75) is 37.6 Å². The second-order valence-electron chi connectivity index (χ2n) is 5.07. The molecule has 0 radical (unpaired) electrons. The Kier molecular flexibility index (Phi) is 3.81. The highest BCUT2D eigenvalue weighted by Crippen LogP contribution is 2.25. The van der Waals surface area contributed by atoms with Crippen molar-refractivity contribution in [3.8, 4) is 0 Å². The van der Waals surface area contributed by atoms with Crippen LogP contribution in [0.15, 0.2) is 18.3 Å². The van der Waals surface area contributed by atoms with E-state index < -0.39 is 5.91 Å². The molecular formula is C13H20N4O. The van der Waals surface area contributed by atoms with Crippen LogP contribution >= 0.6 is 0 Å². The first kappa shape index (κ1) is 12.8. The Hall–Kier alpha value is -1.62. The summed E-state index contributed by atoms with van der Waals surface area (Å²) in [5.41, 5.74) is 11.8. The smallest absolute Gasteiger partial charge is 0.250 e. The fourth-order valence-electron chi connectivity index (χ4n) is 2.34. The summed E-state index contributed by atoms with van der Waals surface area (Å²) in [7, 11) is 0. The summed E-state index contributed by atoms with van der Waals surface area (Å²) in [4.78, 5) is 15.1. The van der Waals surface area contributed by atoms with Crippen molar-refractivity contribution in [3.05, 3.63) is 23.9 Å². The fraction of sp³-hybridized carbons (Fsp3) is 0.538. The third kappa shape index (κ3) is 3.20. The Morgan fingerprint density at radius 1 is 1.33 bits per heavy atom. The fourth-order valence-corrected chi connectivity index (χ4v) is 2.34. The van der Waals surface area contributed by atoms with Crippen molar-refractivity contribution >= 4 is 11.7 Å². The van der Waals surface area contributed by atoms with Gasteiger partial charge in [0.25, 0.3) is 0 Å². The number of hydrogen-bond acceptors (Lipinski definition) is 4. The van der Waals surface area contributed by atoms with Crippen LogP contribution in [0.4, 0.5) is 5.82 Å². The minimum Gasteiger partial charge on any atom is -0.368 e. The molecule has 1 aromatic heterocycles. The number of nitrogens with one attached hydrogen (secondary N) is 1. The Morgan fingerprint density at radius 2 is 2.06 bits per heavy atom. The third-order valence-electron chi connectivity index (χ3n) is 3.52. The molecule has 1 fully saturated rings. The molecule has 0 aromatic carbocycles. The maximum Gasteiger partial charge on any atom is 0.250 e. The lowest BCUT2D eigenvalue weighted by Gasteiger charge is -2.33. The SMILES string of the molecule is NC(=O)c1ccc(NCC2(N)CCCCC2)nc1.